The Morgan fingerprint density at radius 2 is 2.00 bits per heavy atom. The molecular weight excluding hydrogens is 200 g/mol. The maximum absolute atomic E-state index is 11.5. The van der Waals surface area contributed by atoms with Crippen LogP contribution in [0.2, 0.25) is 0 Å². The first-order chi connectivity index (χ1) is 7.74. The van der Waals surface area contributed by atoms with Crippen molar-refractivity contribution in [3.8, 4) is 0 Å². The van der Waals surface area contributed by atoms with Gasteiger partial charge in [0.05, 0.1) is 0 Å². The normalized spacial score (nSPS) is 15.3. The highest BCUT2D eigenvalue weighted by Crippen LogP contribution is 2.25. The quantitative estimate of drug-likeness (QED) is 0.804. The molecule has 0 saturated heterocycles. The second kappa shape index (κ2) is 5.01. The minimum atomic E-state index is -0.101. The van der Waals surface area contributed by atoms with Crippen LogP contribution in [0.15, 0.2) is 24.3 Å². The van der Waals surface area contributed by atoms with Gasteiger partial charge >= 0.3 is 6.03 Å². The molecule has 0 bridgehead atoms. The molecular formula is C13H18N2O. The van der Waals surface area contributed by atoms with Crippen LogP contribution in [0.5, 0.6) is 0 Å². The number of anilines is 1. The van der Waals surface area contributed by atoms with Crippen molar-refractivity contribution in [2.45, 2.75) is 26.2 Å². The van der Waals surface area contributed by atoms with Gasteiger partial charge in [0.2, 0.25) is 0 Å². The molecule has 2 rings (SSSR count). The van der Waals surface area contributed by atoms with Gasteiger partial charge in [-0.1, -0.05) is 24.1 Å². The summed E-state index contributed by atoms with van der Waals surface area (Å²) in [6.45, 7) is 2.83. The smallest absolute Gasteiger partial charge is 0.319 e. The van der Waals surface area contributed by atoms with E-state index < -0.39 is 0 Å². The summed E-state index contributed by atoms with van der Waals surface area (Å²) in [5.74, 6) is 0.698. The Kier molecular flexibility index (Phi) is 3.44. The zero-order valence-electron chi connectivity index (χ0n) is 9.62. The third kappa shape index (κ3) is 2.99. The molecule has 2 N–H and O–H groups in total. The zero-order chi connectivity index (χ0) is 11.4. The molecule has 1 fully saturated rings. The van der Waals surface area contributed by atoms with E-state index in [0.29, 0.717) is 5.92 Å². The third-order valence-electron chi connectivity index (χ3n) is 3.09. The highest BCUT2D eigenvalue weighted by molar-refractivity contribution is 5.89. The van der Waals surface area contributed by atoms with Crippen LogP contribution in [0.25, 0.3) is 0 Å². The molecule has 3 nitrogen and oxygen atoms in total. The first kappa shape index (κ1) is 11.0. The molecule has 1 saturated carbocycles. The van der Waals surface area contributed by atoms with Crippen LogP contribution in [0.1, 0.15) is 24.8 Å². The summed E-state index contributed by atoms with van der Waals surface area (Å²) < 4.78 is 0. The largest absolute Gasteiger partial charge is 0.338 e. The van der Waals surface area contributed by atoms with Crippen molar-refractivity contribution in [2.75, 3.05) is 11.9 Å². The minimum Gasteiger partial charge on any atom is -0.338 e. The average molecular weight is 218 g/mol. The molecule has 0 aromatic heterocycles. The number of amides is 2. The molecule has 1 aromatic rings. The van der Waals surface area contributed by atoms with Crippen molar-refractivity contribution in [1.29, 1.82) is 0 Å². The number of aryl methyl sites for hydroxylation is 1. The van der Waals surface area contributed by atoms with Gasteiger partial charge in [-0.3, -0.25) is 0 Å². The van der Waals surface area contributed by atoms with Gasteiger partial charge in [-0.15, -0.1) is 0 Å². The van der Waals surface area contributed by atoms with Gasteiger partial charge in [-0.05, 0) is 37.8 Å². The van der Waals surface area contributed by atoms with Gasteiger partial charge < -0.3 is 10.6 Å². The number of hydrogen-bond donors (Lipinski definition) is 2. The van der Waals surface area contributed by atoms with Crippen LogP contribution in [0.4, 0.5) is 10.5 Å². The number of urea groups is 1. The Morgan fingerprint density at radius 3 is 2.56 bits per heavy atom. The summed E-state index contributed by atoms with van der Waals surface area (Å²) in [4.78, 5) is 11.5. The Hall–Kier alpha value is -1.51. The highest BCUT2D eigenvalue weighted by atomic mass is 16.2. The van der Waals surface area contributed by atoms with Crippen LogP contribution >= 0.6 is 0 Å². The van der Waals surface area contributed by atoms with E-state index >= 15 is 0 Å². The fourth-order valence-electron chi connectivity index (χ4n) is 1.75. The summed E-state index contributed by atoms with van der Waals surface area (Å²) >= 11 is 0. The monoisotopic (exact) mass is 218 g/mol. The average Bonchev–Trinajstić information content (AvgIpc) is 2.19. The maximum atomic E-state index is 11.5. The fourth-order valence-corrected chi connectivity index (χ4v) is 1.75. The van der Waals surface area contributed by atoms with Gasteiger partial charge in [-0.25, -0.2) is 4.79 Å². The molecule has 0 spiro atoms. The molecule has 0 heterocycles. The van der Waals surface area contributed by atoms with Crippen LogP contribution < -0.4 is 10.6 Å². The molecule has 0 unspecified atom stereocenters. The van der Waals surface area contributed by atoms with E-state index in [-0.39, 0.29) is 6.03 Å². The second-order valence-corrected chi connectivity index (χ2v) is 4.50. The maximum Gasteiger partial charge on any atom is 0.319 e. The lowest BCUT2D eigenvalue weighted by Crippen LogP contribution is -2.35. The second-order valence-electron chi connectivity index (χ2n) is 4.50. The predicted molar refractivity (Wildman–Crippen MR) is 65.5 cm³/mol. The topological polar surface area (TPSA) is 41.1 Å². The lowest BCUT2D eigenvalue weighted by molar-refractivity contribution is 0.243. The van der Waals surface area contributed by atoms with Crippen molar-refractivity contribution in [3.63, 3.8) is 0 Å². The number of benzene rings is 1. The minimum absolute atomic E-state index is 0.101. The molecule has 0 atom stereocenters. The summed E-state index contributed by atoms with van der Waals surface area (Å²) in [7, 11) is 0. The number of hydrogen-bond acceptors (Lipinski definition) is 1. The Labute approximate surface area is 96.2 Å². The molecule has 1 aromatic carbocycles. The first-order valence-electron chi connectivity index (χ1n) is 5.85. The summed E-state index contributed by atoms with van der Waals surface area (Å²) in [6.07, 6.45) is 3.82. The van der Waals surface area contributed by atoms with E-state index in [0.717, 1.165) is 12.2 Å². The summed E-state index contributed by atoms with van der Waals surface area (Å²) in [5.41, 5.74) is 2.04. The Morgan fingerprint density at radius 1 is 1.31 bits per heavy atom. The molecule has 3 heteroatoms. The summed E-state index contributed by atoms with van der Waals surface area (Å²) in [5, 5.41) is 5.72. The summed E-state index contributed by atoms with van der Waals surface area (Å²) in [6, 6.07) is 7.70. The van der Waals surface area contributed by atoms with Crippen molar-refractivity contribution >= 4 is 11.7 Å². The Bertz CT molecular complexity index is 355. The molecule has 86 valence electrons. The molecule has 16 heavy (non-hydrogen) atoms. The molecule has 1 aliphatic carbocycles. The third-order valence-corrected chi connectivity index (χ3v) is 3.09. The lowest BCUT2D eigenvalue weighted by atomic mass is 9.85. The number of carbonyl (C=O) groups excluding carboxylic acids is 1. The van der Waals surface area contributed by atoms with Crippen LogP contribution in [0.3, 0.4) is 0 Å². The van der Waals surface area contributed by atoms with Crippen LogP contribution in [-0.4, -0.2) is 12.6 Å². The van der Waals surface area contributed by atoms with E-state index in [2.05, 4.69) is 10.6 Å². The fraction of sp³-hybridized carbons (Fsp3) is 0.462. The lowest BCUT2D eigenvalue weighted by Gasteiger charge is -2.25. The van der Waals surface area contributed by atoms with Gasteiger partial charge in [0.25, 0.3) is 0 Å². The number of nitrogens with one attached hydrogen (secondary N) is 2. The first-order valence-corrected chi connectivity index (χ1v) is 5.85. The van der Waals surface area contributed by atoms with E-state index in [9.17, 15) is 4.79 Å². The zero-order valence-corrected chi connectivity index (χ0v) is 9.62. The number of rotatable bonds is 3. The van der Waals surface area contributed by atoms with E-state index in [4.69, 9.17) is 0 Å². The Balaban J connectivity index is 1.75. The number of carbonyl (C=O) groups is 1. The standard InChI is InChI=1S/C13H18N2O/c1-10-5-7-12(8-6-10)15-13(16)14-9-11-3-2-4-11/h5-8,11H,2-4,9H2,1H3,(H2,14,15,16). The van der Waals surface area contributed by atoms with E-state index in [1.165, 1.54) is 24.8 Å². The van der Waals surface area contributed by atoms with Crippen LogP contribution in [0, 0.1) is 12.8 Å². The van der Waals surface area contributed by atoms with Gasteiger partial charge in [-0.2, -0.15) is 0 Å². The molecule has 0 radical (unpaired) electrons. The van der Waals surface area contributed by atoms with Crippen molar-refractivity contribution < 1.29 is 4.79 Å². The van der Waals surface area contributed by atoms with Gasteiger partial charge in [0.15, 0.2) is 0 Å². The SMILES string of the molecule is Cc1ccc(NC(=O)NCC2CCC2)cc1. The van der Waals surface area contributed by atoms with Crippen molar-refractivity contribution in [1.82, 2.24) is 5.32 Å². The molecule has 0 aliphatic heterocycles. The molecule has 2 amide bonds. The van der Waals surface area contributed by atoms with E-state index in [1.54, 1.807) is 0 Å². The van der Waals surface area contributed by atoms with E-state index in [1.807, 2.05) is 31.2 Å². The van der Waals surface area contributed by atoms with Crippen LogP contribution in [-0.2, 0) is 0 Å². The van der Waals surface area contributed by atoms with Crippen molar-refractivity contribution in [2.24, 2.45) is 5.92 Å². The molecule has 1 aliphatic rings. The predicted octanol–water partition coefficient (Wildman–Crippen LogP) is 2.92. The highest BCUT2D eigenvalue weighted by Gasteiger charge is 2.17. The van der Waals surface area contributed by atoms with Gasteiger partial charge in [0, 0.05) is 12.2 Å². The van der Waals surface area contributed by atoms with Gasteiger partial charge in [0.1, 0.15) is 0 Å². The van der Waals surface area contributed by atoms with Crippen molar-refractivity contribution in [3.05, 3.63) is 29.8 Å².